The third-order valence-corrected chi connectivity index (χ3v) is 6.47. The van der Waals surface area contributed by atoms with Crippen LogP contribution in [0.2, 0.25) is 0 Å². The second-order valence-corrected chi connectivity index (χ2v) is 8.44. The molecule has 1 amide bonds. The Kier molecular flexibility index (Phi) is 5.46. The molecule has 5 heteroatoms. The quantitative estimate of drug-likeness (QED) is 0.712. The van der Waals surface area contributed by atoms with Crippen LogP contribution in [0.4, 0.5) is 0 Å². The van der Waals surface area contributed by atoms with Gasteiger partial charge in [-0.3, -0.25) is 14.4 Å². The SMILES string of the molecule is Cc1ccc2c(c1C)OC1(CCN(C(=O)CCC(=O)c3ccccc3)CC1)CC2=O. The van der Waals surface area contributed by atoms with Crippen molar-refractivity contribution in [2.45, 2.75) is 51.6 Å². The lowest BCUT2D eigenvalue weighted by Gasteiger charge is -2.44. The highest BCUT2D eigenvalue weighted by Crippen LogP contribution is 2.41. The molecule has 30 heavy (non-hydrogen) atoms. The Bertz CT molecular complexity index is 988. The van der Waals surface area contributed by atoms with Crippen molar-refractivity contribution in [3.8, 4) is 5.75 Å². The van der Waals surface area contributed by atoms with Crippen LogP contribution < -0.4 is 4.74 Å². The maximum absolute atomic E-state index is 12.8. The van der Waals surface area contributed by atoms with Crippen molar-refractivity contribution in [1.29, 1.82) is 0 Å². The lowest BCUT2D eigenvalue weighted by atomic mass is 9.81. The molecule has 0 radical (unpaired) electrons. The Balaban J connectivity index is 1.37. The molecular formula is C25H27NO4. The van der Waals surface area contributed by atoms with E-state index in [0.717, 1.165) is 11.1 Å². The van der Waals surface area contributed by atoms with Gasteiger partial charge in [0.05, 0.1) is 12.0 Å². The molecular weight excluding hydrogens is 378 g/mol. The van der Waals surface area contributed by atoms with Crippen molar-refractivity contribution in [2.75, 3.05) is 13.1 Å². The monoisotopic (exact) mass is 405 g/mol. The standard InChI is InChI=1S/C25H27NO4/c1-17-8-9-20-22(28)16-25(30-24(20)18(17)2)12-14-26(15-13-25)23(29)11-10-21(27)19-6-4-3-5-7-19/h3-9H,10-16H2,1-2H3. The van der Waals surface area contributed by atoms with Crippen molar-refractivity contribution in [3.05, 3.63) is 64.7 Å². The van der Waals surface area contributed by atoms with Crippen LogP contribution >= 0.6 is 0 Å². The van der Waals surface area contributed by atoms with E-state index >= 15 is 0 Å². The van der Waals surface area contributed by atoms with Gasteiger partial charge in [0.2, 0.25) is 5.91 Å². The van der Waals surface area contributed by atoms with E-state index in [-0.39, 0.29) is 30.3 Å². The van der Waals surface area contributed by atoms with Crippen LogP contribution in [0, 0.1) is 13.8 Å². The number of hydrogen-bond acceptors (Lipinski definition) is 4. The van der Waals surface area contributed by atoms with E-state index in [2.05, 4.69) is 0 Å². The van der Waals surface area contributed by atoms with Crippen molar-refractivity contribution >= 4 is 17.5 Å². The van der Waals surface area contributed by atoms with Gasteiger partial charge in [-0.15, -0.1) is 0 Å². The summed E-state index contributed by atoms with van der Waals surface area (Å²) in [7, 11) is 0. The maximum atomic E-state index is 12.8. The second-order valence-electron chi connectivity index (χ2n) is 8.44. The van der Waals surface area contributed by atoms with Crippen LogP contribution in [0.25, 0.3) is 0 Å². The summed E-state index contributed by atoms with van der Waals surface area (Å²) in [5.41, 5.74) is 2.90. The van der Waals surface area contributed by atoms with Gasteiger partial charge in [-0.25, -0.2) is 0 Å². The number of carbonyl (C=O) groups is 3. The van der Waals surface area contributed by atoms with Gasteiger partial charge in [0.25, 0.3) is 0 Å². The van der Waals surface area contributed by atoms with Crippen LogP contribution in [0.15, 0.2) is 42.5 Å². The summed E-state index contributed by atoms with van der Waals surface area (Å²) in [6.45, 7) is 5.10. The van der Waals surface area contributed by atoms with E-state index in [1.807, 2.05) is 44.2 Å². The molecule has 0 unspecified atom stereocenters. The molecule has 1 spiro atoms. The van der Waals surface area contributed by atoms with E-state index in [1.165, 1.54) is 0 Å². The summed E-state index contributed by atoms with van der Waals surface area (Å²) in [6, 6.07) is 12.9. The van der Waals surface area contributed by atoms with Gasteiger partial charge in [0.15, 0.2) is 11.6 Å². The highest BCUT2D eigenvalue weighted by molar-refractivity contribution is 6.01. The number of amides is 1. The van der Waals surface area contributed by atoms with Crippen LogP contribution in [-0.4, -0.2) is 41.1 Å². The van der Waals surface area contributed by atoms with Crippen LogP contribution in [0.3, 0.4) is 0 Å². The summed E-state index contributed by atoms with van der Waals surface area (Å²) in [5.74, 6) is 0.803. The van der Waals surface area contributed by atoms with Crippen LogP contribution in [0.5, 0.6) is 5.75 Å². The molecule has 2 aromatic rings. The average Bonchev–Trinajstić information content (AvgIpc) is 2.76. The fourth-order valence-electron chi connectivity index (χ4n) is 4.37. The first-order valence-corrected chi connectivity index (χ1v) is 10.6. The molecule has 0 saturated carbocycles. The summed E-state index contributed by atoms with van der Waals surface area (Å²) in [6.07, 6.45) is 2.04. The van der Waals surface area contributed by atoms with E-state index < -0.39 is 5.60 Å². The molecule has 4 rings (SSSR count). The van der Waals surface area contributed by atoms with Crippen molar-refractivity contribution in [3.63, 3.8) is 0 Å². The molecule has 0 bridgehead atoms. The Hall–Kier alpha value is -2.95. The largest absolute Gasteiger partial charge is 0.486 e. The van der Waals surface area contributed by atoms with Crippen molar-refractivity contribution in [2.24, 2.45) is 0 Å². The number of ketones is 2. The number of likely N-dealkylation sites (tertiary alicyclic amines) is 1. The fraction of sp³-hybridized carbons (Fsp3) is 0.400. The normalized spacial score (nSPS) is 17.4. The molecule has 1 fully saturated rings. The molecule has 156 valence electrons. The van der Waals surface area contributed by atoms with E-state index in [9.17, 15) is 14.4 Å². The second kappa shape index (κ2) is 8.05. The first-order valence-electron chi connectivity index (χ1n) is 10.6. The number of benzene rings is 2. The lowest BCUT2D eigenvalue weighted by molar-refractivity contribution is -0.134. The predicted molar refractivity (Wildman–Crippen MR) is 114 cm³/mol. The number of rotatable bonds is 4. The van der Waals surface area contributed by atoms with Gasteiger partial charge in [0.1, 0.15) is 11.4 Å². The minimum absolute atomic E-state index is 0.0105. The number of ether oxygens (including phenoxy) is 1. The summed E-state index contributed by atoms with van der Waals surface area (Å²) >= 11 is 0. The topological polar surface area (TPSA) is 63.7 Å². The summed E-state index contributed by atoms with van der Waals surface area (Å²) < 4.78 is 6.41. The van der Waals surface area contributed by atoms with Crippen LogP contribution in [0.1, 0.15) is 63.9 Å². The van der Waals surface area contributed by atoms with E-state index in [4.69, 9.17) is 4.74 Å². The van der Waals surface area contributed by atoms with Crippen molar-refractivity contribution < 1.29 is 19.1 Å². The highest BCUT2D eigenvalue weighted by atomic mass is 16.5. The molecule has 0 atom stereocenters. The Labute approximate surface area is 177 Å². The van der Waals surface area contributed by atoms with Gasteiger partial charge in [-0.1, -0.05) is 36.4 Å². The molecule has 0 N–H and O–H groups in total. The molecule has 2 aromatic carbocycles. The number of nitrogens with zero attached hydrogens (tertiary/aromatic N) is 1. The van der Waals surface area contributed by atoms with Gasteiger partial charge in [0, 0.05) is 44.3 Å². The van der Waals surface area contributed by atoms with E-state index in [0.29, 0.717) is 49.2 Å². The zero-order valence-electron chi connectivity index (χ0n) is 17.6. The Morgan fingerprint density at radius 2 is 1.70 bits per heavy atom. The third-order valence-electron chi connectivity index (χ3n) is 6.47. The minimum Gasteiger partial charge on any atom is -0.486 e. The fourth-order valence-corrected chi connectivity index (χ4v) is 4.37. The zero-order valence-corrected chi connectivity index (χ0v) is 17.6. The number of carbonyl (C=O) groups excluding carboxylic acids is 3. The smallest absolute Gasteiger partial charge is 0.223 e. The van der Waals surface area contributed by atoms with Gasteiger partial charge >= 0.3 is 0 Å². The van der Waals surface area contributed by atoms with Gasteiger partial charge in [-0.05, 0) is 31.0 Å². The van der Waals surface area contributed by atoms with E-state index in [1.54, 1.807) is 17.0 Å². The minimum atomic E-state index is -0.528. The van der Waals surface area contributed by atoms with Crippen molar-refractivity contribution in [1.82, 2.24) is 4.90 Å². The maximum Gasteiger partial charge on any atom is 0.223 e. The number of hydrogen-bond donors (Lipinski definition) is 0. The summed E-state index contributed by atoms with van der Waals surface area (Å²) in [5, 5.41) is 0. The Morgan fingerprint density at radius 1 is 1.00 bits per heavy atom. The number of piperidine rings is 1. The molecule has 1 saturated heterocycles. The molecule has 2 aliphatic heterocycles. The molecule has 2 aliphatic rings. The van der Waals surface area contributed by atoms with Gasteiger partial charge in [-0.2, -0.15) is 0 Å². The Morgan fingerprint density at radius 3 is 2.40 bits per heavy atom. The average molecular weight is 405 g/mol. The molecule has 2 heterocycles. The predicted octanol–water partition coefficient (Wildman–Crippen LogP) is 4.29. The highest BCUT2D eigenvalue weighted by Gasteiger charge is 2.44. The number of fused-ring (bicyclic) bond motifs is 1. The molecule has 0 aliphatic carbocycles. The first-order chi connectivity index (χ1) is 14.4. The third kappa shape index (κ3) is 3.89. The first kappa shape index (κ1) is 20.3. The molecule has 0 aromatic heterocycles. The zero-order chi connectivity index (χ0) is 21.3. The number of Topliss-reactive ketones (excluding diaryl/α,β-unsaturated/α-hetero) is 2. The lowest BCUT2D eigenvalue weighted by Crippen LogP contribution is -2.52. The summed E-state index contributed by atoms with van der Waals surface area (Å²) in [4.78, 5) is 39.4. The molecule has 5 nitrogen and oxygen atoms in total. The van der Waals surface area contributed by atoms with Gasteiger partial charge < -0.3 is 9.64 Å². The number of aryl methyl sites for hydroxylation is 1. The van der Waals surface area contributed by atoms with Crippen LogP contribution in [-0.2, 0) is 4.79 Å².